The molecule has 0 bridgehead atoms. The molecule has 0 amide bonds. The Hall–Kier alpha value is -1.09. The third-order valence-electron chi connectivity index (χ3n) is 2.28. The van der Waals surface area contributed by atoms with Gasteiger partial charge in [0, 0.05) is 17.7 Å². The van der Waals surface area contributed by atoms with E-state index in [0.717, 1.165) is 0 Å². The van der Waals surface area contributed by atoms with Gasteiger partial charge in [-0.15, -0.1) is 0 Å². The van der Waals surface area contributed by atoms with Crippen molar-refractivity contribution in [1.29, 1.82) is 0 Å². The quantitative estimate of drug-likeness (QED) is 0.808. The first-order chi connectivity index (χ1) is 6.56. The standard InChI is InChI=1S/C11H16FNO/c1-7(2)11(13)9-5-4-8(14-3)6-10(9)12/h4-7,11H,13H2,1-3H3/t11-/m1/s1. The van der Waals surface area contributed by atoms with Gasteiger partial charge in [-0.25, -0.2) is 4.39 Å². The fraction of sp³-hybridized carbons (Fsp3) is 0.455. The number of ether oxygens (including phenoxy) is 1. The van der Waals surface area contributed by atoms with Gasteiger partial charge in [-0.1, -0.05) is 19.9 Å². The highest BCUT2D eigenvalue weighted by molar-refractivity contribution is 5.30. The Bertz CT molecular complexity index is 312. The lowest BCUT2D eigenvalue weighted by Gasteiger charge is -2.17. The van der Waals surface area contributed by atoms with Gasteiger partial charge in [0.25, 0.3) is 0 Å². The van der Waals surface area contributed by atoms with E-state index < -0.39 is 0 Å². The second-order valence-corrected chi connectivity index (χ2v) is 3.66. The Kier molecular flexibility index (Phi) is 3.47. The summed E-state index contributed by atoms with van der Waals surface area (Å²) in [5.74, 6) is 0.436. The van der Waals surface area contributed by atoms with Gasteiger partial charge in [0.15, 0.2) is 0 Å². The number of hydrogen-bond donors (Lipinski definition) is 1. The van der Waals surface area contributed by atoms with Gasteiger partial charge in [0.05, 0.1) is 7.11 Å². The van der Waals surface area contributed by atoms with Gasteiger partial charge < -0.3 is 10.5 Å². The predicted octanol–water partition coefficient (Wildman–Crippen LogP) is 2.49. The van der Waals surface area contributed by atoms with E-state index in [9.17, 15) is 4.39 Å². The molecule has 1 atom stereocenters. The third kappa shape index (κ3) is 2.23. The van der Waals surface area contributed by atoms with Crippen LogP contribution in [-0.2, 0) is 0 Å². The van der Waals surface area contributed by atoms with Crippen LogP contribution in [-0.4, -0.2) is 7.11 Å². The molecule has 0 aliphatic heterocycles. The molecule has 0 saturated heterocycles. The Labute approximate surface area is 83.9 Å². The SMILES string of the molecule is COc1ccc([C@H](N)C(C)C)c(F)c1. The summed E-state index contributed by atoms with van der Waals surface area (Å²) in [6.07, 6.45) is 0. The van der Waals surface area contributed by atoms with Crippen molar-refractivity contribution < 1.29 is 9.13 Å². The molecule has 2 nitrogen and oxygen atoms in total. The number of nitrogens with two attached hydrogens (primary N) is 1. The lowest BCUT2D eigenvalue weighted by molar-refractivity contribution is 0.408. The minimum absolute atomic E-state index is 0.220. The first-order valence-corrected chi connectivity index (χ1v) is 4.65. The second kappa shape index (κ2) is 4.42. The van der Waals surface area contributed by atoms with Crippen LogP contribution in [0.3, 0.4) is 0 Å². The summed E-state index contributed by atoms with van der Waals surface area (Å²) in [7, 11) is 1.51. The van der Waals surface area contributed by atoms with Crippen molar-refractivity contribution in [3.63, 3.8) is 0 Å². The van der Waals surface area contributed by atoms with Gasteiger partial charge in [-0.2, -0.15) is 0 Å². The van der Waals surface area contributed by atoms with E-state index in [4.69, 9.17) is 10.5 Å². The molecule has 1 aromatic rings. The van der Waals surface area contributed by atoms with E-state index in [0.29, 0.717) is 11.3 Å². The lowest BCUT2D eigenvalue weighted by atomic mass is 9.96. The third-order valence-corrected chi connectivity index (χ3v) is 2.28. The summed E-state index contributed by atoms with van der Waals surface area (Å²) in [5, 5.41) is 0. The molecule has 2 N–H and O–H groups in total. The largest absolute Gasteiger partial charge is 0.497 e. The molecule has 1 aromatic carbocycles. The summed E-state index contributed by atoms with van der Waals surface area (Å²) in [4.78, 5) is 0. The molecule has 1 rings (SSSR count). The van der Waals surface area contributed by atoms with Crippen LogP contribution < -0.4 is 10.5 Å². The minimum Gasteiger partial charge on any atom is -0.497 e. The molecule has 0 unspecified atom stereocenters. The van der Waals surface area contributed by atoms with Crippen molar-refractivity contribution in [3.05, 3.63) is 29.6 Å². The summed E-state index contributed by atoms with van der Waals surface area (Å²) < 4.78 is 18.4. The zero-order valence-electron chi connectivity index (χ0n) is 8.75. The van der Waals surface area contributed by atoms with Crippen LogP contribution >= 0.6 is 0 Å². The van der Waals surface area contributed by atoms with E-state index >= 15 is 0 Å². The molecule has 0 aliphatic carbocycles. The lowest BCUT2D eigenvalue weighted by Crippen LogP contribution is -2.18. The van der Waals surface area contributed by atoms with E-state index in [2.05, 4.69) is 0 Å². The Morgan fingerprint density at radius 3 is 2.43 bits per heavy atom. The molecule has 0 aromatic heterocycles. The molecule has 0 spiro atoms. The second-order valence-electron chi connectivity index (χ2n) is 3.66. The van der Waals surface area contributed by atoms with E-state index in [1.807, 2.05) is 13.8 Å². The van der Waals surface area contributed by atoms with Crippen molar-refractivity contribution in [1.82, 2.24) is 0 Å². The molecule has 78 valence electrons. The highest BCUT2D eigenvalue weighted by Gasteiger charge is 2.15. The number of rotatable bonds is 3. The number of hydrogen-bond acceptors (Lipinski definition) is 2. The minimum atomic E-state index is -0.300. The van der Waals surface area contributed by atoms with Crippen LogP contribution in [0.1, 0.15) is 25.5 Å². The number of benzene rings is 1. The molecule has 0 heterocycles. The van der Waals surface area contributed by atoms with Crippen LogP contribution in [0.25, 0.3) is 0 Å². The van der Waals surface area contributed by atoms with Crippen molar-refractivity contribution >= 4 is 0 Å². The predicted molar refractivity (Wildman–Crippen MR) is 54.7 cm³/mol. The summed E-state index contributed by atoms with van der Waals surface area (Å²) in [5.41, 5.74) is 6.39. The smallest absolute Gasteiger partial charge is 0.131 e. The van der Waals surface area contributed by atoms with E-state index in [1.165, 1.54) is 13.2 Å². The van der Waals surface area contributed by atoms with Gasteiger partial charge in [-0.05, 0) is 12.0 Å². The average molecular weight is 197 g/mol. The maximum Gasteiger partial charge on any atom is 0.131 e. The molecule has 3 heteroatoms. The summed E-state index contributed by atoms with van der Waals surface area (Å²) in [6, 6.07) is 4.50. The molecule has 0 radical (unpaired) electrons. The molecular formula is C11H16FNO. The van der Waals surface area contributed by atoms with Crippen LogP contribution in [0.5, 0.6) is 5.75 Å². The normalized spacial score (nSPS) is 13.0. The van der Waals surface area contributed by atoms with Crippen molar-refractivity contribution in [2.24, 2.45) is 11.7 Å². The first kappa shape index (κ1) is 11.0. The molecule has 0 fully saturated rings. The van der Waals surface area contributed by atoms with Crippen molar-refractivity contribution in [3.8, 4) is 5.75 Å². The highest BCUT2D eigenvalue weighted by Crippen LogP contribution is 2.24. The molecular weight excluding hydrogens is 181 g/mol. The topological polar surface area (TPSA) is 35.2 Å². The zero-order chi connectivity index (χ0) is 10.7. The van der Waals surface area contributed by atoms with E-state index in [1.54, 1.807) is 12.1 Å². The van der Waals surface area contributed by atoms with Crippen LogP contribution in [0.15, 0.2) is 18.2 Å². The van der Waals surface area contributed by atoms with Crippen LogP contribution in [0.2, 0.25) is 0 Å². The van der Waals surface area contributed by atoms with Gasteiger partial charge in [-0.3, -0.25) is 0 Å². The zero-order valence-corrected chi connectivity index (χ0v) is 8.75. The maximum absolute atomic E-state index is 13.5. The van der Waals surface area contributed by atoms with Crippen molar-refractivity contribution in [2.75, 3.05) is 7.11 Å². The number of halogens is 1. The first-order valence-electron chi connectivity index (χ1n) is 4.65. The highest BCUT2D eigenvalue weighted by atomic mass is 19.1. The molecule has 0 aliphatic rings. The maximum atomic E-state index is 13.5. The Morgan fingerprint density at radius 2 is 2.00 bits per heavy atom. The van der Waals surface area contributed by atoms with Gasteiger partial charge in [0.2, 0.25) is 0 Å². The van der Waals surface area contributed by atoms with Crippen molar-refractivity contribution in [2.45, 2.75) is 19.9 Å². The van der Waals surface area contributed by atoms with E-state index in [-0.39, 0.29) is 17.8 Å². The Balaban J connectivity index is 2.99. The van der Waals surface area contributed by atoms with Gasteiger partial charge >= 0.3 is 0 Å². The number of methoxy groups -OCH3 is 1. The molecule has 14 heavy (non-hydrogen) atoms. The fourth-order valence-electron chi connectivity index (χ4n) is 1.26. The van der Waals surface area contributed by atoms with Gasteiger partial charge in [0.1, 0.15) is 11.6 Å². The summed E-state index contributed by atoms with van der Waals surface area (Å²) in [6.45, 7) is 3.93. The average Bonchev–Trinajstić information content (AvgIpc) is 2.16. The fourth-order valence-corrected chi connectivity index (χ4v) is 1.26. The monoisotopic (exact) mass is 197 g/mol. The van der Waals surface area contributed by atoms with Crippen LogP contribution in [0, 0.1) is 11.7 Å². The van der Waals surface area contributed by atoms with Crippen LogP contribution in [0.4, 0.5) is 4.39 Å². The summed E-state index contributed by atoms with van der Waals surface area (Å²) >= 11 is 0. The Morgan fingerprint density at radius 1 is 1.36 bits per heavy atom. The molecule has 0 saturated carbocycles.